The summed E-state index contributed by atoms with van der Waals surface area (Å²) in [5.74, 6) is -0.119. The van der Waals surface area contributed by atoms with Crippen LogP contribution in [0.15, 0.2) is 53.1 Å². The molecule has 0 fully saturated rings. The monoisotopic (exact) mass is 359 g/mol. The molecule has 0 spiro atoms. The summed E-state index contributed by atoms with van der Waals surface area (Å²) < 4.78 is 20.3. The molecule has 0 saturated carbocycles. The van der Waals surface area contributed by atoms with Crippen molar-refractivity contribution in [1.29, 1.82) is 0 Å². The van der Waals surface area contributed by atoms with Gasteiger partial charge >= 0.3 is 0 Å². The van der Waals surface area contributed by atoms with Crippen LogP contribution >= 0.6 is 22.9 Å². The summed E-state index contributed by atoms with van der Waals surface area (Å²) in [6, 6.07) is 12.1. The van der Waals surface area contributed by atoms with Crippen LogP contribution in [0.3, 0.4) is 0 Å². The van der Waals surface area contributed by atoms with E-state index in [9.17, 15) is 4.39 Å². The van der Waals surface area contributed by atoms with Gasteiger partial charge in [0.2, 0.25) is 5.89 Å². The van der Waals surface area contributed by atoms with Gasteiger partial charge in [-0.15, -0.1) is 11.3 Å². The molecule has 0 saturated heterocycles. The summed E-state index contributed by atoms with van der Waals surface area (Å²) in [7, 11) is 0. The molecule has 120 valence electrons. The maximum Gasteiger partial charge on any atom is 0.230 e. The highest BCUT2D eigenvalue weighted by atomic mass is 35.5. The maximum atomic E-state index is 14.2. The molecule has 0 unspecified atom stereocenters. The Morgan fingerprint density at radius 2 is 2.08 bits per heavy atom. The quantitative estimate of drug-likeness (QED) is 0.533. The van der Waals surface area contributed by atoms with E-state index in [1.165, 1.54) is 17.4 Å². The lowest BCUT2D eigenvalue weighted by Crippen LogP contribution is -1.98. The topological polar surface area (TPSA) is 51.0 Å². The Labute approximate surface area is 145 Å². The van der Waals surface area contributed by atoms with Crippen LogP contribution in [0.5, 0.6) is 0 Å². The van der Waals surface area contributed by atoms with Crippen LogP contribution in [0.2, 0.25) is 4.47 Å². The summed E-state index contributed by atoms with van der Waals surface area (Å²) in [6.45, 7) is 0.559. The van der Waals surface area contributed by atoms with Gasteiger partial charge < -0.3 is 9.73 Å². The van der Waals surface area contributed by atoms with Crippen LogP contribution in [0.4, 0.5) is 10.1 Å². The Morgan fingerprint density at radius 1 is 1.21 bits per heavy atom. The largest absolute Gasteiger partial charge is 0.436 e. The molecular formula is C17H11ClFN3OS. The van der Waals surface area contributed by atoms with Gasteiger partial charge in [0, 0.05) is 16.8 Å². The number of para-hydroxylation sites is 2. The summed E-state index contributed by atoms with van der Waals surface area (Å²) >= 11 is 7.22. The van der Waals surface area contributed by atoms with E-state index >= 15 is 0 Å². The highest BCUT2D eigenvalue weighted by molar-refractivity contribution is 7.15. The average molecular weight is 360 g/mol. The third-order valence-electron chi connectivity index (χ3n) is 3.48. The van der Waals surface area contributed by atoms with E-state index in [1.54, 1.807) is 24.4 Å². The van der Waals surface area contributed by atoms with Crippen molar-refractivity contribution in [1.82, 2.24) is 9.97 Å². The summed E-state index contributed by atoms with van der Waals surface area (Å²) in [5, 5.41) is 3.22. The Hall–Kier alpha value is -2.44. The highest BCUT2D eigenvalue weighted by Crippen LogP contribution is 2.29. The van der Waals surface area contributed by atoms with Crippen molar-refractivity contribution >= 4 is 39.7 Å². The molecule has 2 heterocycles. The fraction of sp³-hybridized carbons (Fsp3) is 0.0588. The van der Waals surface area contributed by atoms with Gasteiger partial charge in [0.25, 0.3) is 0 Å². The van der Waals surface area contributed by atoms with Crippen molar-refractivity contribution in [3.8, 4) is 11.5 Å². The van der Waals surface area contributed by atoms with Crippen molar-refractivity contribution in [2.45, 2.75) is 6.54 Å². The number of nitrogens with zero attached hydrogens (tertiary/aromatic N) is 2. The predicted molar refractivity (Wildman–Crippen MR) is 93.9 cm³/mol. The Morgan fingerprint density at radius 3 is 2.88 bits per heavy atom. The minimum Gasteiger partial charge on any atom is -0.436 e. The summed E-state index contributed by atoms with van der Waals surface area (Å²) in [5.41, 5.74) is 2.41. The SMILES string of the molecule is Fc1ccc(NCc2cnc(Cl)s2)cc1-c1nc2ccccc2o1. The first-order valence-electron chi connectivity index (χ1n) is 7.18. The number of hydrogen-bond donors (Lipinski definition) is 1. The first-order valence-corrected chi connectivity index (χ1v) is 8.38. The average Bonchev–Trinajstić information content (AvgIpc) is 3.20. The molecule has 1 N–H and O–H groups in total. The number of fused-ring (bicyclic) bond motifs is 1. The van der Waals surface area contributed by atoms with Crippen molar-refractivity contribution in [3.05, 3.63) is 63.8 Å². The van der Waals surface area contributed by atoms with Crippen LogP contribution in [-0.4, -0.2) is 9.97 Å². The first kappa shape index (κ1) is 15.1. The number of rotatable bonds is 4. The van der Waals surface area contributed by atoms with Crippen LogP contribution in [-0.2, 0) is 6.54 Å². The van der Waals surface area contributed by atoms with E-state index in [2.05, 4.69) is 15.3 Å². The Balaban J connectivity index is 1.63. The van der Waals surface area contributed by atoms with Gasteiger partial charge in [0.05, 0.1) is 12.1 Å². The molecule has 0 atom stereocenters. The van der Waals surface area contributed by atoms with Gasteiger partial charge in [-0.25, -0.2) is 14.4 Å². The molecule has 4 nitrogen and oxygen atoms in total. The smallest absolute Gasteiger partial charge is 0.230 e. The molecule has 2 aromatic heterocycles. The molecule has 0 radical (unpaired) electrons. The van der Waals surface area contributed by atoms with E-state index in [0.29, 0.717) is 27.7 Å². The lowest BCUT2D eigenvalue weighted by atomic mass is 10.2. The zero-order valence-corrected chi connectivity index (χ0v) is 13.9. The van der Waals surface area contributed by atoms with Crippen molar-refractivity contribution in [2.75, 3.05) is 5.32 Å². The normalized spacial score (nSPS) is 11.1. The second-order valence-corrected chi connectivity index (χ2v) is 6.81. The van der Waals surface area contributed by atoms with E-state index < -0.39 is 0 Å². The van der Waals surface area contributed by atoms with Gasteiger partial charge in [-0.3, -0.25) is 0 Å². The zero-order valence-electron chi connectivity index (χ0n) is 12.3. The number of aromatic nitrogens is 2. The van der Waals surface area contributed by atoms with Crippen molar-refractivity contribution in [2.24, 2.45) is 0 Å². The second kappa shape index (κ2) is 6.22. The number of oxazole rings is 1. The molecule has 7 heteroatoms. The van der Waals surface area contributed by atoms with Crippen LogP contribution in [0.25, 0.3) is 22.6 Å². The minimum atomic E-state index is -0.382. The predicted octanol–water partition coefficient (Wildman–Crippen LogP) is 5.36. The first-order chi connectivity index (χ1) is 11.7. The van der Waals surface area contributed by atoms with E-state index in [-0.39, 0.29) is 11.7 Å². The third-order valence-corrected chi connectivity index (χ3v) is 4.60. The van der Waals surface area contributed by atoms with Crippen molar-refractivity contribution in [3.63, 3.8) is 0 Å². The van der Waals surface area contributed by atoms with E-state index in [0.717, 1.165) is 10.6 Å². The highest BCUT2D eigenvalue weighted by Gasteiger charge is 2.13. The summed E-state index contributed by atoms with van der Waals surface area (Å²) in [6.07, 6.45) is 1.71. The molecule has 4 rings (SSSR count). The molecule has 0 aliphatic rings. The molecule has 0 bridgehead atoms. The van der Waals surface area contributed by atoms with Crippen LogP contribution in [0.1, 0.15) is 4.88 Å². The lowest BCUT2D eigenvalue weighted by Gasteiger charge is -2.06. The maximum absolute atomic E-state index is 14.2. The number of nitrogens with one attached hydrogen (secondary N) is 1. The molecule has 0 aliphatic heterocycles. The Bertz CT molecular complexity index is 981. The lowest BCUT2D eigenvalue weighted by molar-refractivity contribution is 0.594. The number of benzene rings is 2. The standard InChI is InChI=1S/C17H11ClFN3OS/c18-17-21-9-11(24-17)8-20-10-5-6-13(19)12(7-10)16-22-14-3-1-2-4-15(14)23-16/h1-7,9,20H,8H2. The third kappa shape index (κ3) is 2.98. The Kier molecular flexibility index (Phi) is 3.92. The molecule has 4 aromatic rings. The summed E-state index contributed by atoms with van der Waals surface area (Å²) in [4.78, 5) is 9.33. The second-order valence-electron chi connectivity index (χ2n) is 5.11. The minimum absolute atomic E-state index is 0.262. The molecule has 2 aromatic carbocycles. The fourth-order valence-electron chi connectivity index (χ4n) is 2.34. The van der Waals surface area contributed by atoms with Gasteiger partial charge in [0.15, 0.2) is 10.0 Å². The number of hydrogen-bond acceptors (Lipinski definition) is 5. The molecule has 24 heavy (non-hydrogen) atoms. The van der Waals surface area contributed by atoms with Gasteiger partial charge in [-0.2, -0.15) is 0 Å². The zero-order chi connectivity index (χ0) is 16.5. The van der Waals surface area contributed by atoms with Gasteiger partial charge in [-0.1, -0.05) is 23.7 Å². The van der Waals surface area contributed by atoms with Crippen LogP contribution in [0, 0.1) is 5.82 Å². The molecular weight excluding hydrogens is 349 g/mol. The molecule has 0 aliphatic carbocycles. The number of anilines is 1. The van der Waals surface area contributed by atoms with Gasteiger partial charge in [0.1, 0.15) is 11.3 Å². The number of thiazole rings is 1. The van der Waals surface area contributed by atoms with Crippen molar-refractivity contribution < 1.29 is 8.81 Å². The van der Waals surface area contributed by atoms with E-state index in [4.69, 9.17) is 16.0 Å². The van der Waals surface area contributed by atoms with Gasteiger partial charge in [-0.05, 0) is 30.3 Å². The van der Waals surface area contributed by atoms with E-state index in [1.807, 2.05) is 18.2 Å². The fourth-order valence-corrected chi connectivity index (χ4v) is 3.26. The number of halogens is 2. The van der Waals surface area contributed by atoms with Crippen LogP contribution < -0.4 is 5.32 Å². The molecule has 0 amide bonds.